The number of rotatable bonds is 1. The SMILES string of the molecule is OC(=C1C=CC=C1)c1ccc(Cl)cc1. The van der Waals surface area contributed by atoms with Gasteiger partial charge in [-0.25, -0.2) is 0 Å². The number of hydrogen-bond donors (Lipinski definition) is 1. The molecule has 0 saturated carbocycles. The van der Waals surface area contributed by atoms with Gasteiger partial charge >= 0.3 is 0 Å². The predicted octanol–water partition coefficient (Wildman–Crippen LogP) is 3.74. The minimum atomic E-state index is 0.284. The van der Waals surface area contributed by atoms with E-state index in [9.17, 15) is 5.11 Å². The quantitative estimate of drug-likeness (QED) is 0.691. The zero-order valence-electron chi connectivity index (χ0n) is 7.44. The van der Waals surface area contributed by atoms with Crippen molar-refractivity contribution in [2.75, 3.05) is 0 Å². The molecular formula is C12H9ClO. The number of aliphatic hydroxyl groups is 1. The highest BCUT2D eigenvalue weighted by atomic mass is 35.5. The van der Waals surface area contributed by atoms with E-state index in [1.54, 1.807) is 24.3 Å². The van der Waals surface area contributed by atoms with Crippen molar-refractivity contribution in [2.24, 2.45) is 0 Å². The Kier molecular flexibility index (Phi) is 2.42. The van der Waals surface area contributed by atoms with Crippen molar-refractivity contribution in [1.29, 1.82) is 0 Å². The molecular weight excluding hydrogens is 196 g/mol. The first-order valence-electron chi connectivity index (χ1n) is 4.31. The Morgan fingerprint density at radius 3 is 2.14 bits per heavy atom. The fraction of sp³-hybridized carbons (Fsp3) is 0. The van der Waals surface area contributed by atoms with E-state index in [4.69, 9.17) is 11.6 Å². The molecule has 0 spiro atoms. The summed E-state index contributed by atoms with van der Waals surface area (Å²) in [5, 5.41) is 10.5. The third-order valence-corrected chi connectivity index (χ3v) is 2.31. The van der Waals surface area contributed by atoms with Crippen LogP contribution in [0.5, 0.6) is 0 Å². The standard InChI is InChI=1S/C12H9ClO/c13-11-7-5-10(6-8-11)12(14)9-3-1-2-4-9/h1-8,14H. The molecule has 1 aliphatic carbocycles. The molecule has 0 amide bonds. The second-order valence-corrected chi connectivity index (χ2v) is 3.47. The van der Waals surface area contributed by atoms with E-state index < -0.39 is 0 Å². The van der Waals surface area contributed by atoms with Crippen molar-refractivity contribution in [1.82, 2.24) is 0 Å². The smallest absolute Gasteiger partial charge is 0.130 e. The lowest BCUT2D eigenvalue weighted by molar-refractivity contribution is 0.509. The molecule has 0 saturated heterocycles. The van der Waals surface area contributed by atoms with Crippen molar-refractivity contribution in [3.63, 3.8) is 0 Å². The molecule has 14 heavy (non-hydrogen) atoms. The molecule has 0 aromatic heterocycles. The van der Waals surface area contributed by atoms with Gasteiger partial charge in [0, 0.05) is 16.2 Å². The fourth-order valence-electron chi connectivity index (χ4n) is 1.31. The maximum Gasteiger partial charge on any atom is 0.130 e. The molecule has 1 N–H and O–H groups in total. The van der Waals surface area contributed by atoms with Crippen LogP contribution >= 0.6 is 11.6 Å². The van der Waals surface area contributed by atoms with Crippen LogP contribution in [0.2, 0.25) is 5.02 Å². The third kappa shape index (κ3) is 1.73. The zero-order chi connectivity index (χ0) is 9.97. The van der Waals surface area contributed by atoms with E-state index in [0.29, 0.717) is 5.02 Å². The molecule has 0 atom stereocenters. The molecule has 0 unspecified atom stereocenters. The molecule has 1 aromatic rings. The molecule has 2 rings (SSSR count). The average molecular weight is 205 g/mol. The van der Waals surface area contributed by atoms with Crippen molar-refractivity contribution < 1.29 is 5.11 Å². The summed E-state index contributed by atoms with van der Waals surface area (Å²) in [6.07, 6.45) is 7.51. The number of allylic oxidation sites excluding steroid dienone is 5. The lowest BCUT2D eigenvalue weighted by atomic mass is 10.1. The van der Waals surface area contributed by atoms with Gasteiger partial charge in [0.05, 0.1) is 0 Å². The molecule has 0 radical (unpaired) electrons. The molecule has 0 fully saturated rings. The van der Waals surface area contributed by atoms with Crippen LogP contribution < -0.4 is 0 Å². The number of halogens is 1. The molecule has 2 heteroatoms. The van der Waals surface area contributed by atoms with Gasteiger partial charge in [0.2, 0.25) is 0 Å². The van der Waals surface area contributed by atoms with Gasteiger partial charge in [-0.2, -0.15) is 0 Å². The summed E-state index contributed by atoms with van der Waals surface area (Å²) < 4.78 is 0. The zero-order valence-corrected chi connectivity index (χ0v) is 8.20. The van der Waals surface area contributed by atoms with Gasteiger partial charge in [-0.1, -0.05) is 35.9 Å². The van der Waals surface area contributed by atoms with Crippen LogP contribution in [0, 0.1) is 0 Å². The van der Waals surface area contributed by atoms with Gasteiger partial charge < -0.3 is 5.11 Å². The van der Waals surface area contributed by atoms with E-state index in [1.165, 1.54) is 0 Å². The van der Waals surface area contributed by atoms with Gasteiger partial charge in [0.1, 0.15) is 5.76 Å². The van der Waals surface area contributed by atoms with Crippen LogP contribution in [0.1, 0.15) is 5.56 Å². The molecule has 0 aliphatic heterocycles. The summed E-state index contributed by atoms with van der Waals surface area (Å²) >= 11 is 5.75. The number of benzene rings is 1. The molecule has 1 aromatic carbocycles. The first kappa shape index (κ1) is 9.10. The van der Waals surface area contributed by atoms with E-state index in [1.807, 2.05) is 24.3 Å². The Balaban J connectivity index is 2.40. The van der Waals surface area contributed by atoms with Gasteiger partial charge in [-0.15, -0.1) is 0 Å². The van der Waals surface area contributed by atoms with E-state index in [2.05, 4.69) is 0 Å². The van der Waals surface area contributed by atoms with Crippen LogP contribution in [0.25, 0.3) is 5.76 Å². The first-order chi connectivity index (χ1) is 6.77. The van der Waals surface area contributed by atoms with Gasteiger partial charge in [0.15, 0.2) is 0 Å². The Bertz CT molecular complexity index is 410. The second kappa shape index (κ2) is 3.72. The minimum Gasteiger partial charge on any atom is -0.507 e. The van der Waals surface area contributed by atoms with Gasteiger partial charge in [0.25, 0.3) is 0 Å². The predicted molar refractivity (Wildman–Crippen MR) is 59.3 cm³/mol. The molecule has 0 heterocycles. The van der Waals surface area contributed by atoms with E-state index >= 15 is 0 Å². The van der Waals surface area contributed by atoms with Crippen LogP contribution in [0.15, 0.2) is 54.1 Å². The van der Waals surface area contributed by atoms with Gasteiger partial charge in [-0.05, 0) is 24.3 Å². The molecule has 70 valence electrons. The molecule has 1 nitrogen and oxygen atoms in total. The summed E-state index contributed by atoms with van der Waals surface area (Å²) in [7, 11) is 0. The number of hydrogen-bond acceptors (Lipinski definition) is 1. The van der Waals surface area contributed by atoms with Crippen molar-refractivity contribution >= 4 is 17.4 Å². The van der Waals surface area contributed by atoms with Gasteiger partial charge in [-0.3, -0.25) is 0 Å². The number of aliphatic hydroxyl groups excluding tert-OH is 1. The molecule has 1 aliphatic rings. The third-order valence-electron chi connectivity index (χ3n) is 2.05. The van der Waals surface area contributed by atoms with Crippen LogP contribution in [0.4, 0.5) is 0 Å². The van der Waals surface area contributed by atoms with Crippen molar-refractivity contribution in [3.05, 3.63) is 64.7 Å². The fourth-order valence-corrected chi connectivity index (χ4v) is 1.43. The summed E-state index contributed by atoms with van der Waals surface area (Å²) in [5.41, 5.74) is 1.60. The second-order valence-electron chi connectivity index (χ2n) is 3.03. The maximum atomic E-state index is 9.85. The van der Waals surface area contributed by atoms with Crippen LogP contribution in [-0.4, -0.2) is 5.11 Å². The average Bonchev–Trinajstić information content (AvgIpc) is 2.71. The highest BCUT2D eigenvalue weighted by Gasteiger charge is 2.04. The first-order valence-corrected chi connectivity index (χ1v) is 4.69. The largest absolute Gasteiger partial charge is 0.507 e. The summed E-state index contributed by atoms with van der Waals surface area (Å²) in [6.45, 7) is 0. The topological polar surface area (TPSA) is 20.2 Å². The van der Waals surface area contributed by atoms with Crippen molar-refractivity contribution in [3.8, 4) is 0 Å². The summed E-state index contributed by atoms with van der Waals surface area (Å²) in [4.78, 5) is 0. The summed E-state index contributed by atoms with van der Waals surface area (Å²) in [6, 6.07) is 7.11. The van der Waals surface area contributed by atoms with Crippen molar-refractivity contribution in [2.45, 2.75) is 0 Å². The Morgan fingerprint density at radius 2 is 1.57 bits per heavy atom. The normalized spacial score (nSPS) is 13.6. The highest BCUT2D eigenvalue weighted by molar-refractivity contribution is 6.30. The van der Waals surface area contributed by atoms with E-state index in [-0.39, 0.29) is 5.76 Å². The summed E-state index contributed by atoms with van der Waals surface area (Å²) in [5.74, 6) is 0.284. The highest BCUT2D eigenvalue weighted by Crippen LogP contribution is 2.21. The van der Waals surface area contributed by atoms with Crippen LogP contribution in [0.3, 0.4) is 0 Å². The molecule has 0 bridgehead atoms. The lowest BCUT2D eigenvalue weighted by Crippen LogP contribution is -1.85. The Hall–Kier alpha value is -1.47. The minimum absolute atomic E-state index is 0.284. The maximum absolute atomic E-state index is 9.85. The van der Waals surface area contributed by atoms with E-state index in [0.717, 1.165) is 11.1 Å². The van der Waals surface area contributed by atoms with Crippen LogP contribution in [-0.2, 0) is 0 Å². The Morgan fingerprint density at radius 1 is 1.00 bits per heavy atom. The monoisotopic (exact) mass is 204 g/mol. The lowest BCUT2D eigenvalue weighted by Gasteiger charge is -2.02. The Labute approximate surface area is 87.6 Å².